The molecule has 0 unspecified atom stereocenters. The lowest BCUT2D eigenvalue weighted by Gasteiger charge is -2.12. The van der Waals surface area contributed by atoms with Crippen molar-refractivity contribution in [2.45, 2.75) is 23.3 Å². The van der Waals surface area contributed by atoms with Crippen LogP contribution < -0.4 is 10.2 Å². The number of rotatable bonds is 5. The fourth-order valence-corrected chi connectivity index (χ4v) is 2.89. The first kappa shape index (κ1) is 13.9. The molecular formula is C10H15N7S2. The van der Waals surface area contributed by atoms with Crippen molar-refractivity contribution in [3.05, 3.63) is 5.01 Å². The van der Waals surface area contributed by atoms with Gasteiger partial charge in [0.05, 0.1) is 0 Å². The Kier molecular flexibility index (Phi) is 4.48. The largest absolute Gasteiger partial charge is 0.354 e. The van der Waals surface area contributed by atoms with Crippen LogP contribution in [0, 0.1) is 6.92 Å². The molecule has 2 aromatic rings. The lowest BCUT2D eigenvalue weighted by Crippen LogP contribution is -2.15. The summed E-state index contributed by atoms with van der Waals surface area (Å²) in [5, 5.41) is 12.7. The minimum absolute atomic E-state index is 0.574. The Labute approximate surface area is 119 Å². The van der Waals surface area contributed by atoms with Gasteiger partial charge in [0.2, 0.25) is 17.1 Å². The van der Waals surface area contributed by atoms with Gasteiger partial charge in [-0.15, -0.1) is 10.2 Å². The fraction of sp³-hybridized carbons (Fsp3) is 0.500. The summed E-state index contributed by atoms with van der Waals surface area (Å²) in [4.78, 5) is 14.9. The van der Waals surface area contributed by atoms with Gasteiger partial charge in [0.15, 0.2) is 4.34 Å². The van der Waals surface area contributed by atoms with Gasteiger partial charge in [0.1, 0.15) is 5.01 Å². The number of hydrogen-bond donors (Lipinski definition) is 1. The average Bonchev–Trinajstić information content (AvgIpc) is 2.75. The second kappa shape index (κ2) is 6.11. The maximum atomic E-state index is 4.39. The second-order valence-electron chi connectivity index (χ2n) is 3.86. The van der Waals surface area contributed by atoms with Crippen LogP contribution in [0.5, 0.6) is 0 Å². The highest BCUT2D eigenvalue weighted by Gasteiger charge is 2.11. The van der Waals surface area contributed by atoms with Crippen LogP contribution in [0.3, 0.4) is 0 Å². The molecule has 0 aromatic carbocycles. The number of nitrogens with one attached hydrogen (secondary N) is 1. The van der Waals surface area contributed by atoms with Crippen molar-refractivity contribution in [2.24, 2.45) is 0 Å². The molecule has 0 amide bonds. The molecule has 0 fully saturated rings. The standard InChI is InChI=1S/C10H15N7S2/c1-5-11-7-12-8(17(3)4)14-9(13-7)19-10-16-15-6(2)18-10/h5H2,1-4H3,(H,11,12,13,14). The predicted octanol–water partition coefficient (Wildman–Crippen LogP) is 1.68. The van der Waals surface area contributed by atoms with E-state index in [0.717, 1.165) is 15.9 Å². The molecule has 1 N–H and O–H groups in total. The topological polar surface area (TPSA) is 79.7 Å². The molecule has 19 heavy (non-hydrogen) atoms. The van der Waals surface area contributed by atoms with Crippen LogP contribution in [-0.2, 0) is 0 Å². The monoisotopic (exact) mass is 297 g/mol. The minimum Gasteiger partial charge on any atom is -0.354 e. The molecule has 0 aliphatic heterocycles. The number of anilines is 2. The van der Waals surface area contributed by atoms with Gasteiger partial charge in [-0.3, -0.25) is 0 Å². The summed E-state index contributed by atoms with van der Waals surface area (Å²) in [6.45, 7) is 4.68. The molecule has 0 saturated carbocycles. The number of hydrogen-bond acceptors (Lipinski definition) is 9. The number of aryl methyl sites for hydroxylation is 1. The van der Waals surface area contributed by atoms with Crippen LogP contribution in [0.4, 0.5) is 11.9 Å². The summed E-state index contributed by atoms with van der Waals surface area (Å²) < 4.78 is 0.829. The molecule has 0 spiro atoms. The average molecular weight is 297 g/mol. The van der Waals surface area contributed by atoms with Crippen LogP contribution in [-0.4, -0.2) is 45.8 Å². The Morgan fingerprint density at radius 3 is 2.58 bits per heavy atom. The summed E-state index contributed by atoms with van der Waals surface area (Å²) in [6.07, 6.45) is 0. The predicted molar refractivity (Wildman–Crippen MR) is 77.1 cm³/mol. The van der Waals surface area contributed by atoms with Crippen LogP contribution >= 0.6 is 23.1 Å². The van der Waals surface area contributed by atoms with E-state index in [9.17, 15) is 0 Å². The molecule has 102 valence electrons. The van der Waals surface area contributed by atoms with Gasteiger partial charge in [0.25, 0.3) is 0 Å². The van der Waals surface area contributed by atoms with E-state index in [0.29, 0.717) is 17.1 Å². The molecular weight excluding hydrogens is 282 g/mol. The van der Waals surface area contributed by atoms with E-state index in [2.05, 4.69) is 30.5 Å². The third kappa shape index (κ3) is 3.74. The summed E-state index contributed by atoms with van der Waals surface area (Å²) in [6, 6.07) is 0. The highest BCUT2D eigenvalue weighted by Crippen LogP contribution is 2.28. The van der Waals surface area contributed by atoms with E-state index in [-0.39, 0.29) is 0 Å². The van der Waals surface area contributed by atoms with E-state index in [1.54, 1.807) is 0 Å². The van der Waals surface area contributed by atoms with Gasteiger partial charge in [-0.2, -0.15) is 15.0 Å². The van der Waals surface area contributed by atoms with Crippen molar-refractivity contribution >= 4 is 35.0 Å². The molecule has 2 rings (SSSR count). The minimum atomic E-state index is 0.574. The van der Waals surface area contributed by atoms with Crippen molar-refractivity contribution < 1.29 is 0 Å². The summed E-state index contributed by atoms with van der Waals surface area (Å²) in [5.74, 6) is 1.19. The first-order valence-corrected chi connectivity index (χ1v) is 7.37. The van der Waals surface area contributed by atoms with Gasteiger partial charge < -0.3 is 10.2 Å². The van der Waals surface area contributed by atoms with Gasteiger partial charge in [-0.25, -0.2) is 0 Å². The Hall–Kier alpha value is -1.48. The van der Waals surface area contributed by atoms with E-state index < -0.39 is 0 Å². The molecule has 0 aliphatic rings. The summed E-state index contributed by atoms with van der Waals surface area (Å²) in [7, 11) is 3.79. The van der Waals surface area contributed by atoms with E-state index in [4.69, 9.17) is 0 Å². The highest BCUT2D eigenvalue weighted by molar-refractivity contribution is 8.00. The van der Waals surface area contributed by atoms with Crippen molar-refractivity contribution in [2.75, 3.05) is 30.9 Å². The maximum absolute atomic E-state index is 4.39. The quantitative estimate of drug-likeness (QED) is 0.893. The first-order valence-electron chi connectivity index (χ1n) is 5.73. The molecule has 0 aliphatic carbocycles. The van der Waals surface area contributed by atoms with Crippen molar-refractivity contribution in [1.29, 1.82) is 0 Å². The first-order chi connectivity index (χ1) is 9.08. The van der Waals surface area contributed by atoms with Crippen molar-refractivity contribution in [3.8, 4) is 0 Å². The molecule has 2 heterocycles. The maximum Gasteiger partial charge on any atom is 0.230 e. The Morgan fingerprint density at radius 1 is 1.21 bits per heavy atom. The van der Waals surface area contributed by atoms with E-state index in [1.807, 2.05) is 32.8 Å². The Balaban J connectivity index is 2.27. The van der Waals surface area contributed by atoms with Gasteiger partial charge >= 0.3 is 0 Å². The molecule has 0 radical (unpaired) electrons. The van der Waals surface area contributed by atoms with Gasteiger partial charge in [0, 0.05) is 20.6 Å². The Bertz CT molecular complexity index is 555. The molecule has 7 nitrogen and oxygen atoms in total. The van der Waals surface area contributed by atoms with Crippen molar-refractivity contribution in [1.82, 2.24) is 25.1 Å². The summed E-state index contributed by atoms with van der Waals surface area (Å²) >= 11 is 2.92. The lowest BCUT2D eigenvalue weighted by atomic mass is 10.7. The second-order valence-corrected chi connectivity index (χ2v) is 6.25. The normalized spacial score (nSPS) is 10.5. The SMILES string of the molecule is CCNc1nc(Sc2nnc(C)s2)nc(N(C)C)n1. The van der Waals surface area contributed by atoms with Crippen LogP contribution in [0.2, 0.25) is 0 Å². The zero-order valence-electron chi connectivity index (χ0n) is 11.2. The molecule has 0 saturated heterocycles. The van der Waals surface area contributed by atoms with Crippen LogP contribution in [0.25, 0.3) is 0 Å². The third-order valence-corrected chi connectivity index (χ3v) is 3.78. The zero-order valence-corrected chi connectivity index (χ0v) is 12.8. The van der Waals surface area contributed by atoms with Crippen LogP contribution in [0.1, 0.15) is 11.9 Å². The molecule has 2 aromatic heterocycles. The van der Waals surface area contributed by atoms with Gasteiger partial charge in [-0.1, -0.05) is 11.3 Å². The lowest BCUT2D eigenvalue weighted by molar-refractivity contribution is 0.861. The van der Waals surface area contributed by atoms with Crippen LogP contribution in [0.15, 0.2) is 9.50 Å². The third-order valence-electron chi connectivity index (χ3n) is 2.02. The molecule has 0 bridgehead atoms. The Morgan fingerprint density at radius 2 is 2.00 bits per heavy atom. The van der Waals surface area contributed by atoms with Crippen molar-refractivity contribution in [3.63, 3.8) is 0 Å². The highest BCUT2D eigenvalue weighted by atomic mass is 32.2. The summed E-state index contributed by atoms with van der Waals surface area (Å²) in [5.41, 5.74) is 0. The zero-order chi connectivity index (χ0) is 13.8. The van der Waals surface area contributed by atoms with Gasteiger partial charge in [-0.05, 0) is 25.6 Å². The van der Waals surface area contributed by atoms with E-state index in [1.165, 1.54) is 23.1 Å². The van der Waals surface area contributed by atoms with E-state index >= 15 is 0 Å². The molecule has 9 heteroatoms. The smallest absolute Gasteiger partial charge is 0.230 e. The molecule has 0 atom stereocenters. The fourth-order valence-electron chi connectivity index (χ4n) is 1.23. The number of aromatic nitrogens is 5. The number of nitrogens with zero attached hydrogens (tertiary/aromatic N) is 6.